The molecule has 7 nitrogen and oxygen atoms in total. The number of nitrogens with zero attached hydrogens (tertiary/aromatic N) is 3. The Morgan fingerprint density at radius 3 is 2.71 bits per heavy atom. The van der Waals surface area contributed by atoms with Crippen LogP contribution in [0.4, 0.5) is 11.4 Å². The fraction of sp³-hybridized carbons (Fsp3) is 0.0952. The van der Waals surface area contributed by atoms with Crippen LogP contribution < -0.4 is 10.2 Å². The molecule has 2 aromatic carbocycles. The van der Waals surface area contributed by atoms with Crippen LogP contribution in [0.3, 0.4) is 0 Å². The molecule has 1 aromatic heterocycles. The molecule has 2 heterocycles. The maximum atomic E-state index is 12.5. The Hall–Kier alpha value is -3.87. The first-order chi connectivity index (χ1) is 13.6. The zero-order valence-electron chi connectivity index (χ0n) is 15.2. The Bertz CT molecular complexity index is 1060. The van der Waals surface area contributed by atoms with E-state index in [1.165, 1.54) is 7.11 Å². The van der Waals surface area contributed by atoms with Crippen molar-refractivity contribution in [2.75, 3.05) is 17.3 Å². The number of aromatic nitrogens is 2. The van der Waals surface area contributed by atoms with E-state index in [1.807, 2.05) is 58.1 Å². The number of nitrogens with one attached hydrogen (secondary N) is 1. The molecule has 140 valence electrons. The summed E-state index contributed by atoms with van der Waals surface area (Å²) in [4.78, 5) is 30.6. The molecule has 0 saturated heterocycles. The number of hydrogen-bond acceptors (Lipinski definition) is 5. The molecule has 0 spiro atoms. The lowest BCUT2D eigenvalue weighted by Crippen LogP contribution is -2.24. The molecule has 0 unspecified atom stereocenters. The van der Waals surface area contributed by atoms with Crippen molar-refractivity contribution in [2.24, 2.45) is 0 Å². The van der Waals surface area contributed by atoms with Gasteiger partial charge in [0.2, 0.25) is 0 Å². The van der Waals surface area contributed by atoms with Crippen LogP contribution in [-0.4, -0.2) is 28.5 Å². The van der Waals surface area contributed by atoms with E-state index in [1.54, 1.807) is 24.4 Å². The number of amides is 1. The molecule has 1 amide bonds. The second-order valence-corrected chi connectivity index (χ2v) is 6.24. The fourth-order valence-electron chi connectivity index (χ4n) is 2.97. The van der Waals surface area contributed by atoms with Crippen molar-refractivity contribution in [1.29, 1.82) is 0 Å². The summed E-state index contributed by atoms with van der Waals surface area (Å²) in [6.07, 6.45) is 5.42. The van der Waals surface area contributed by atoms with Gasteiger partial charge < -0.3 is 19.5 Å². The predicted molar refractivity (Wildman–Crippen MR) is 106 cm³/mol. The third-order valence-electron chi connectivity index (χ3n) is 4.38. The highest BCUT2D eigenvalue weighted by atomic mass is 16.5. The van der Waals surface area contributed by atoms with Crippen molar-refractivity contribution in [3.63, 3.8) is 0 Å². The van der Waals surface area contributed by atoms with E-state index in [9.17, 15) is 9.59 Å². The average Bonchev–Trinajstić information content (AvgIpc) is 3.17. The van der Waals surface area contributed by atoms with E-state index in [0.717, 1.165) is 11.4 Å². The highest BCUT2D eigenvalue weighted by Crippen LogP contribution is 2.23. The summed E-state index contributed by atoms with van der Waals surface area (Å²) in [5.74, 6) is 0.0466. The summed E-state index contributed by atoms with van der Waals surface area (Å²) in [6, 6.07) is 16.4. The SMILES string of the molecule is COC(=O)c1cccc(N2C=Cc3nc(C(=O)Nc4ccccc4)cn3C2)c1. The minimum atomic E-state index is -0.383. The van der Waals surface area contributed by atoms with Crippen LogP contribution in [0, 0.1) is 0 Å². The minimum Gasteiger partial charge on any atom is -0.465 e. The number of carbonyl (C=O) groups excluding carboxylic acids is 2. The monoisotopic (exact) mass is 374 g/mol. The third kappa shape index (κ3) is 3.50. The number of carbonyl (C=O) groups is 2. The van der Waals surface area contributed by atoms with Crippen molar-refractivity contribution < 1.29 is 14.3 Å². The predicted octanol–water partition coefficient (Wildman–Crippen LogP) is 3.37. The van der Waals surface area contributed by atoms with Gasteiger partial charge in [0, 0.05) is 23.8 Å². The Labute approximate surface area is 161 Å². The highest BCUT2D eigenvalue weighted by molar-refractivity contribution is 6.03. The number of anilines is 2. The van der Waals surface area contributed by atoms with E-state index >= 15 is 0 Å². The number of para-hydroxylation sites is 1. The Kier molecular flexibility index (Phi) is 4.63. The number of hydrogen-bond donors (Lipinski definition) is 1. The molecular weight excluding hydrogens is 356 g/mol. The van der Waals surface area contributed by atoms with Gasteiger partial charge >= 0.3 is 5.97 Å². The standard InChI is InChI=1S/C21H18N4O3/c1-28-21(27)15-6-5-9-17(12-15)24-11-10-19-23-18(13-25(19)14-24)20(26)22-16-7-3-2-4-8-16/h2-13H,14H2,1H3,(H,22,26). The van der Waals surface area contributed by atoms with E-state index in [2.05, 4.69) is 10.3 Å². The van der Waals surface area contributed by atoms with Crippen LogP contribution in [0.25, 0.3) is 6.08 Å². The van der Waals surface area contributed by atoms with Crippen molar-refractivity contribution in [2.45, 2.75) is 6.67 Å². The number of benzene rings is 2. The van der Waals surface area contributed by atoms with Crippen LogP contribution >= 0.6 is 0 Å². The maximum absolute atomic E-state index is 12.5. The summed E-state index contributed by atoms with van der Waals surface area (Å²) in [6.45, 7) is 0.474. The second kappa shape index (κ2) is 7.40. The molecule has 4 rings (SSSR count). The van der Waals surface area contributed by atoms with Gasteiger partial charge in [-0.25, -0.2) is 9.78 Å². The third-order valence-corrected chi connectivity index (χ3v) is 4.38. The molecule has 0 aliphatic carbocycles. The maximum Gasteiger partial charge on any atom is 0.337 e. The minimum absolute atomic E-state index is 0.263. The lowest BCUT2D eigenvalue weighted by Gasteiger charge is -2.25. The van der Waals surface area contributed by atoms with Gasteiger partial charge in [0.25, 0.3) is 5.91 Å². The first-order valence-corrected chi connectivity index (χ1v) is 8.71. The van der Waals surface area contributed by atoms with Gasteiger partial charge in [-0.3, -0.25) is 4.79 Å². The fourth-order valence-corrected chi connectivity index (χ4v) is 2.97. The summed E-state index contributed by atoms with van der Waals surface area (Å²) in [5, 5.41) is 2.83. The Morgan fingerprint density at radius 2 is 1.93 bits per heavy atom. The molecule has 1 aliphatic heterocycles. The molecule has 28 heavy (non-hydrogen) atoms. The number of ether oxygens (including phenoxy) is 1. The zero-order chi connectivity index (χ0) is 19.5. The Morgan fingerprint density at radius 1 is 1.11 bits per heavy atom. The van der Waals surface area contributed by atoms with Crippen molar-refractivity contribution in [3.05, 3.63) is 84.1 Å². The largest absolute Gasteiger partial charge is 0.465 e. The summed E-state index contributed by atoms with van der Waals surface area (Å²) in [5.41, 5.74) is 2.38. The second-order valence-electron chi connectivity index (χ2n) is 6.24. The first kappa shape index (κ1) is 17.5. The molecule has 0 radical (unpaired) electrons. The Balaban J connectivity index is 1.52. The van der Waals surface area contributed by atoms with Gasteiger partial charge in [-0.2, -0.15) is 0 Å². The number of rotatable bonds is 4. The number of methoxy groups -OCH3 is 1. The van der Waals surface area contributed by atoms with Gasteiger partial charge in [-0.1, -0.05) is 24.3 Å². The first-order valence-electron chi connectivity index (χ1n) is 8.71. The van der Waals surface area contributed by atoms with Crippen LogP contribution in [0.2, 0.25) is 0 Å². The van der Waals surface area contributed by atoms with Gasteiger partial charge in [0.1, 0.15) is 18.2 Å². The molecule has 0 saturated carbocycles. The van der Waals surface area contributed by atoms with Gasteiger partial charge in [-0.05, 0) is 36.4 Å². The molecule has 3 aromatic rings. The number of fused-ring (bicyclic) bond motifs is 1. The zero-order valence-corrected chi connectivity index (χ0v) is 15.2. The van der Waals surface area contributed by atoms with Gasteiger partial charge in [0.15, 0.2) is 0 Å². The van der Waals surface area contributed by atoms with E-state index < -0.39 is 0 Å². The smallest absolute Gasteiger partial charge is 0.337 e. The van der Waals surface area contributed by atoms with Crippen LogP contribution in [0.15, 0.2) is 67.0 Å². The normalized spacial score (nSPS) is 12.4. The molecule has 1 N–H and O–H groups in total. The van der Waals surface area contributed by atoms with Crippen LogP contribution in [-0.2, 0) is 11.4 Å². The van der Waals surface area contributed by atoms with E-state index in [0.29, 0.717) is 23.8 Å². The summed E-state index contributed by atoms with van der Waals surface area (Å²) >= 11 is 0. The van der Waals surface area contributed by atoms with Crippen molar-refractivity contribution in [1.82, 2.24) is 9.55 Å². The molecule has 1 aliphatic rings. The topological polar surface area (TPSA) is 76.5 Å². The summed E-state index contributed by atoms with van der Waals surface area (Å²) in [7, 11) is 1.36. The van der Waals surface area contributed by atoms with Crippen LogP contribution in [0.1, 0.15) is 26.7 Å². The average molecular weight is 374 g/mol. The van der Waals surface area contributed by atoms with Gasteiger partial charge in [-0.15, -0.1) is 0 Å². The number of imidazole rings is 1. The molecular formula is C21H18N4O3. The molecule has 0 atom stereocenters. The van der Waals surface area contributed by atoms with Crippen molar-refractivity contribution in [3.8, 4) is 0 Å². The van der Waals surface area contributed by atoms with Crippen molar-refractivity contribution >= 4 is 29.3 Å². The van der Waals surface area contributed by atoms with Crippen LogP contribution in [0.5, 0.6) is 0 Å². The van der Waals surface area contributed by atoms with Gasteiger partial charge in [0.05, 0.1) is 12.7 Å². The quantitative estimate of drug-likeness (QED) is 0.709. The summed E-state index contributed by atoms with van der Waals surface area (Å²) < 4.78 is 6.66. The molecule has 0 bridgehead atoms. The highest BCUT2D eigenvalue weighted by Gasteiger charge is 2.18. The van der Waals surface area contributed by atoms with E-state index in [4.69, 9.17) is 4.74 Å². The number of esters is 1. The lowest BCUT2D eigenvalue weighted by atomic mass is 10.2. The van der Waals surface area contributed by atoms with E-state index in [-0.39, 0.29) is 11.9 Å². The molecule has 7 heteroatoms. The molecule has 0 fully saturated rings. The lowest BCUT2D eigenvalue weighted by molar-refractivity contribution is 0.0600.